The summed E-state index contributed by atoms with van der Waals surface area (Å²) in [6.45, 7) is 22.0. The fourth-order valence-electron chi connectivity index (χ4n) is 20.8. The van der Waals surface area contributed by atoms with Crippen LogP contribution in [0.1, 0.15) is 169 Å². The number of aliphatic hydroxyl groups excluding tert-OH is 6. The van der Waals surface area contributed by atoms with Crippen LogP contribution in [0, 0.1) is 58.2 Å². The average Bonchev–Trinajstić information content (AvgIpc) is 0.851. The van der Waals surface area contributed by atoms with Crippen LogP contribution in [-0.2, 0) is 32.4 Å². The van der Waals surface area contributed by atoms with Crippen LogP contribution in [0.5, 0.6) is 11.5 Å². The Morgan fingerprint density at radius 1 is 0.550 bits per heavy atom. The van der Waals surface area contributed by atoms with Gasteiger partial charge in [-0.2, -0.15) is 10.1 Å². The summed E-state index contributed by atoms with van der Waals surface area (Å²) in [4.78, 5) is 75.4. The third-order valence-electron chi connectivity index (χ3n) is 28.1. The van der Waals surface area contributed by atoms with Gasteiger partial charge in [0.25, 0.3) is 5.91 Å². The lowest BCUT2D eigenvalue weighted by molar-refractivity contribution is -0.183. The fourth-order valence-corrected chi connectivity index (χ4v) is 20.8. The molecule has 4 saturated heterocycles. The number of nitrogens with two attached hydrogens (primary N) is 1. The van der Waals surface area contributed by atoms with Crippen LogP contribution >= 0.6 is 0 Å². The van der Waals surface area contributed by atoms with Crippen LogP contribution in [0.2, 0.25) is 0 Å². The third-order valence-corrected chi connectivity index (χ3v) is 28.1. The SMILES string of the molecule is C.COc1c(CN2O[C@@H](CO)[C@@H]([C@H](C)O)[C@H]2C(=O)N[C@H]2C[C@H]3C[C@@H]([C@@H]2C)C3(C)C)cccc1-c1cc(C(=O)N[C@H](CN2CCCC2)[C@H](O)c2ccccc2)cc(N(C)C)c1.COc1c(CN2O[C@@H](CO)[C@@H]([C@H](C)O)[C@H]2C(=O)N[C@H]2C[C@H]3C[C@@H]([C@@H]2C)C3(C)C)cccc1-c1cc(C(=O)O)cc(N(C)C)c1.N[C@H](CN1CCCC1)[C@H](O)c1ccccc1. The number of para-hydroxylation sites is 2. The van der Waals surface area contributed by atoms with Gasteiger partial charge >= 0.3 is 5.97 Å². The van der Waals surface area contributed by atoms with Gasteiger partial charge in [-0.05, 0) is 196 Å². The number of fused-ring (bicyclic) bond motifs is 4. The van der Waals surface area contributed by atoms with Crippen LogP contribution in [0.3, 0.4) is 0 Å². The highest BCUT2D eigenvalue weighted by molar-refractivity contribution is 5.97. The minimum absolute atomic E-state index is 0. The number of rotatable bonds is 29. The molecule has 12 N–H and O–H groups in total. The minimum Gasteiger partial charge on any atom is -0.496 e. The Hall–Kier alpha value is -8.12. The molecule has 0 unspecified atom stereocenters. The topological polar surface area (TPSA) is 328 Å². The second kappa shape index (κ2) is 40.0. The van der Waals surface area contributed by atoms with Crippen molar-refractivity contribution in [1.29, 1.82) is 0 Å². The lowest BCUT2D eigenvalue weighted by Crippen LogP contribution is -2.62. The van der Waals surface area contributed by atoms with E-state index in [4.69, 9.17) is 24.9 Å². The average molecular weight is 1660 g/mol. The number of aliphatic hydroxyl groups is 6. The van der Waals surface area contributed by atoms with Gasteiger partial charge in [-0.15, -0.1) is 0 Å². The van der Waals surface area contributed by atoms with E-state index in [0.717, 1.165) is 97.6 Å². The van der Waals surface area contributed by atoms with Crippen molar-refractivity contribution >= 4 is 35.1 Å². The van der Waals surface area contributed by atoms with Gasteiger partial charge in [0.15, 0.2) is 0 Å². The third kappa shape index (κ3) is 20.2. The van der Waals surface area contributed by atoms with Gasteiger partial charge in [-0.3, -0.25) is 24.1 Å². The minimum atomic E-state index is -1.03. The molecule has 25 nitrogen and oxygen atoms in total. The van der Waals surface area contributed by atoms with E-state index in [2.05, 4.69) is 67.3 Å². The van der Waals surface area contributed by atoms with Crippen molar-refractivity contribution in [3.8, 4) is 33.8 Å². The van der Waals surface area contributed by atoms with Crippen LogP contribution in [0.4, 0.5) is 11.4 Å². The number of aromatic carboxylic acids is 1. The quantitative estimate of drug-likeness (QED) is 0.0208. The van der Waals surface area contributed by atoms with Crippen molar-refractivity contribution in [2.45, 2.75) is 200 Å². The molecule has 4 aliphatic heterocycles. The zero-order chi connectivity index (χ0) is 85.6. The molecule has 0 radical (unpaired) electrons. The van der Waals surface area contributed by atoms with Crippen LogP contribution < -0.4 is 41.0 Å². The number of anilines is 2. The number of hydrogen-bond donors (Lipinski definition) is 11. The van der Waals surface area contributed by atoms with Crippen molar-refractivity contribution in [2.75, 3.05) is 105 Å². The summed E-state index contributed by atoms with van der Waals surface area (Å²) in [6.07, 6.45) is 4.14. The number of carboxylic acid groups (broad SMARTS) is 1. The summed E-state index contributed by atoms with van der Waals surface area (Å²) in [6, 6.07) is 38.9. The molecule has 0 aromatic heterocycles. The number of ether oxygens (including phenoxy) is 2. The smallest absolute Gasteiger partial charge is 0.335 e. The Morgan fingerprint density at radius 3 is 1.32 bits per heavy atom. The monoisotopic (exact) mass is 1660 g/mol. The van der Waals surface area contributed by atoms with Gasteiger partial charge < -0.3 is 86.5 Å². The Kier molecular flexibility index (Phi) is 30.9. The Balaban J connectivity index is 0.000000202. The van der Waals surface area contributed by atoms with Crippen molar-refractivity contribution in [3.63, 3.8) is 0 Å². The fraction of sp³-hybridized carbons (Fsp3) is 0.579. The highest BCUT2D eigenvalue weighted by atomic mass is 16.7. The highest BCUT2D eigenvalue weighted by Crippen LogP contribution is 2.62. The summed E-state index contributed by atoms with van der Waals surface area (Å²) in [7, 11) is 10.7. The number of methoxy groups -OCH3 is 2. The second-order valence-electron chi connectivity index (χ2n) is 36.6. The summed E-state index contributed by atoms with van der Waals surface area (Å²) in [5.41, 5.74) is 14.7. The number of benzene rings is 6. The number of carboxylic acids is 1. The first kappa shape index (κ1) is 92.6. The molecule has 6 aromatic rings. The zero-order valence-electron chi connectivity index (χ0n) is 72.1. The molecule has 120 heavy (non-hydrogen) atoms. The molecule has 0 spiro atoms. The van der Waals surface area contributed by atoms with Gasteiger partial charge in [0.05, 0.1) is 70.4 Å². The molecule has 6 aliphatic carbocycles. The Labute approximate surface area is 710 Å². The number of nitrogens with one attached hydrogen (secondary N) is 3. The highest BCUT2D eigenvalue weighted by Gasteiger charge is 2.60. The van der Waals surface area contributed by atoms with Gasteiger partial charge in [-0.1, -0.05) is 146 Å². The number of carbonyl (C=O) groups is 4. The van der Waals surface area contributed by atoms with Crippen LogP contribution in [0.25, 0.3) is 22.3 Å². The van der Waals surface area contributed by atoms with E-state index in [-0.39, 0.29) is 86.0 Å². The molecule has 16 rings (SSSR count). The van der Waals surface area contributed by atoms with Gasteiger partial charge in [0.1, 0.15) is 41.9 Å². The summed E-state index contributed by atoms with van der Waals surface area (Å²) in [5, 5.41) is 86.8. The molecular formula is C95H136N10O15. The molecule has 6 saturated carbocycles. The summed E-state index contributed by atoms with van der Waals surface area (Å²) in [5.74, 6) is 0.885. The first-order valence-corrected chi connectivity index (χ1v) is 43.0. The first-order chi connectivity index (χ1) is 56.8. The number of nitrogens with zero attached hydrogens (tertiary/aromatic N) is 6. The maximum Gasteiger partial charge on any atom is 0.335 e. The number of hydrogen-bond acceptors (Lipinski definition) is 21. The molecule has 6 aromatic carbocycles. The van der Waals surface area contributed by atoms with E-state index < -0.39 is 72.6 Å². The molecular weight excluding hydrogens is 1520 g/mol. The zero-order valence-corrected chi connectivity index (χ0v) is 72.1. The van der Waals surface area contributed by atoms with E-state index in [0.29, 0.717) is 75.8 Å². The molecule has 4 heterocycles. The van der Waals surface area contributed by atoms with Crippen LogP contribution in [-0.4, -0.2) is 235 Å². The van der Waals surface area contributed by atoms with E-state index in [9.17, 15) is 54.9 Å². The lowest BCUT2D eigenvalue weighted by Gasteiger charge is -2.62. The first-order valence-electron chi connectivity index (χ1n) is 43.0. The van der Waals surface area contributed by atoms with Crippen molar-refractivity contribution in [3.05, 3.63) is 167 Å². The molecule has 4 bridgehead atoms. The Bertz CT molecular complexity index is 4410. The summed E-state index contributed by atoms with van der Waals surface area (Å²) >= 11 is 0. The molecule has 656 valence electrons. The summed E-state index contributed by atoms with van der Waals surface area (Å²) < 4.78 is 12.0. The molecule has 10 aliphatic rings. The van der Waals surface area contributed by atoms with E-state index >= 15 is 0 Å². The number of amides is 3. The normalized spacial score (nSPS) is 27.5. The maximum atomic E-state index is 14.3. The molecule has 3 amide bonds. The van der Waals surface area contributed by atoms with E-state index in [1.54, 1.807) is 50.3 Å². The maximum absolute atomic E-state index is 14.3. The molecule has 25 heteroatoms. The van der Waals surface area contributed by atoms with Crippen molar-refractivity contribution < 1.29 is 74.1 Å². The number of carbonyl (C=O) groups excluding carboxylic acids is 3. The second-order valence-corrected chi connectivity index (χ2v) is 36.6. The van der Waals surface area contributed by atoms with Gasteiger partial charge in [-0.25, -0.2) is 4.79 Å². The molecule has 10 fully saturated rings. The van der Waals surface area contributed by atoms with Crippen molar-refractivity contribution in [1.82, 2.24) is 35.9 Å². The predicted octanol–water partition coefficient (Wildman–Crippen LogP) is 10.6. The van der Waals surface area contributed by atoms with Gasteiger partial charge in [0.2, 0.25) is 11.8 Å². The number of hydroxylamine groups is 4. The van der Waals surface area contributed by atoms with E-state index in [1.807, 2.05) is 159 Å². The van der Waals surface area contributed by atoms with Gasteiger partial charge in [0, 0.05) is 110 Å². The molecule has 20 atom stereocenters. The van der Waals surface area contributed by atoms with E-state index in [1.165, 1.54) is 25.7 Å². The standard InChI is InChI=1S/C47H65N5O7.C34H47N3O7.C13H20N2O.CH4/c1-28-37-23-34(47(37,3)4)24-38(28)48-46(57)42-41(29(2)54)40(27-53)59-52(42)25-31-16-13-17-36(44(31)58-7)32-20-33(22-35(21-32)50(5)6)45(56)49-39(26-51-18-11-12-19-51)43(55)30-14-9-8-10-15-30;1-18-26-14-23(34(26,3)4)15-27(18)35-32(40)30-29(19(2)39)28(17-38)44-37(30)16-20-9-8-10-25(31(20)43-7)21-11-22(33(41)42)13-24(12-21)36(5)6;14-12(10-15-8-4-5-9-15)13(16)11-6-2-1-3-7-11;/h8-10,13-17,20-22,28-29,34,37-43,53-55H,11-12,18-19,23-27H2,1-7H3,(H,48,57)(H,49,56);8-13,18-19,23,26-30,38-39H,14-17H2,1-7H3,(H,35,40)(H,41,42);1-3,6-7,12-13,16H,4-5,8-10,14H2;1H4/t28-,29-,34+,37-,38-,39+,40-,41+,42-,43+;18-,19-,23+,26-,27-,28-,29+,30-;12-,13-;/m001./s1. The lowest BCUT2D eigenvalue weighted by atomic mass is 9.45. The predicted molar refractivity (Wildman–Crippen MR) is 468 cm³/mol. The largest absolute Gasteiger partial charge is 0.496 e. The Morgan fingerprint density at radius 2 is 0.950 bits per heavy atom. The number of likely N-dealkylation sites (tertiary alicyclic amines) is 2. The van der Waals surface area contributed by atoms with Crippen LogP contribution in [0.15, 0.2) is 133 Å². The van der Waals surface area contributed by atoms with Crippen molar-refractivity contribution in [2.24, 2.45) is 63.9 Å².